The van der Waals surface area contributed by atoms with Crippen molar-refractivity contribution in [1.82, 2.24) is 4.90 Å². The summed E-state index contributed by atoms with van der Waals surface area (Å²) < 4.78 is 18.2. The molecule has 0 aromatic carbocycles. The molecule has 0 radical (unpaired) electrons. The summed E-state index contributed by atoms with van der Waals surface area (Å²) in [6.07, 6.45) is 0.783. The molecule has 82 valence electrons. The first kappa shape index (κ1) is 10.3. The summed E-state index contributed by atoms with van der Waals surface area (Å²) in [7, 11) is 0. The summed E-state index contributed by atoms with van der Waals surface area (Å²) in [5, 5.41) is 0. The number of likely N-dealkylation sites (tertiary alicyclic amines) is 1. The van der Waals surface area contributed by atoms with E-state index < -0.39 is 6.17 Å². The van der Waals surface area contributed by atoms with Crippen molar-refractivity contribution in [2.75, 3.05) is 32.8 Å². The lowest BCUT2D eigenvalue weighted by Crippen LogP contribution is -2.42. The maximum atomic E-state index is 12.9. The Kier molecular flexibility index (Phi) is 3.36. The van der Waals surface area contributed by atoms with E-state index in [4.69, 9.17) is 10.5 Å². The fourth-order valence-electron chi connectivity index (χ4n) is 2.22. The fraction of sp³-hybridized carbons (Fsp3) is 1.00. The van der Waals surface area contributed by atoms with Gasteiger partial charge in [0.05, 0.1) is 13.2 Å². The number of nitrogens with two attached hydrogens (primary N) is 1. The molecule has 0 saturated carbocycles. The summed E-state index contributed by atoms with van der Waals surface area (Å²) >= 11 is 0. The van der Waals surface area contributed by atoms with Crippen molar-refractivity contribution in [2.45, 2.75) is 25.1 Å². The Morgan fingerprint density at radius 3 is 2.57 bits per heavy atom. The molecule has 4 heteroatoms. The summed E-state index contributed by atoms with van der Waals surface area (Å²) in [4.78, 5) is 2.31. The number of halogens is 1. The zero-order chi connectivity index (χ0) is 9.97. The molecule has 0 aromatic heterocycles. The highest BCUT2D eigenvalue weighted by atomic mass is 19.1. The van der Waals surface area contributed by atoms with Gasteiger partial charge in [-0.05, 0) is 12.8 Å². The molecule has 0 bridgehead atoms. The van der Waals surface area contributed by atoms with Gasteiger partial charge in [0.15, 0.2) is 0 Å². The highest BCUT2D eigenvalue weighted by molar-refractivity contribution is 4.82. The van der Waals surface area contributed by atoms with Crippen molar-refractivity contribution >= 4 is 0 Å². The van der Waals surface area contributed by atoms with Gasteiger partial charge in [-0.3, -0.25) is 0 Å². The zero-order valence-electron chi connectivity index (χ0n) is 8.49. The van der Waals surface area contributed by atoms with E-state index in [0.29, 0.717) is 25.4 Å². The van der Waals surface area contributed by atoms with Gasteiger partial charge >= 0.3 is 0 Å². The van der Waals surface area contributed by atoms with E-state index in [1.807, 2.05) is 0 Å². The molecule has 0 aromatic rings. The van der Waals surface area contributed by atoms with E-state index in [-0.39, 0.29) is 6.04 Å². The van der Waals surface area contributed by atoms with E-state index in [1.165, 1.54) is 0 Å². The van der Waals surface area contributed by atoms with Crippen LogP contribution in [0, 0.1) is 5.92 Å². The molecule has 2 N–H and O–H groups in total. The van der Waals surface area contributed by atoms with Gasteiger partial charge in [0.1, 0.15) is 6.17 Å². The van der Waals surface area contributed by atoms with Gasteiger partial charge < -0.3 is 15.4 Å². The van der Waals surface area contributed by atoms with E-state index in [9.17, 15) is 4.39 Å². The van der Waals surface area contributed by atoms with Gasteiger partial charge in [0.2, 0.25) is 0 Å². The maximum absolute atomic E-state index is 12.9. The van der Waals surface area contributed by atoms with Gasteiger partial charge in [-0.1, -0.05) is 0 Å². The first-order valence-electron chi connectivity index (χ1n) is 5.45. The van der Waals surface area contributed by atoms with Gasteiger partial charge in [-0.25, -0.2) is 4.39 Å². The quantitative estimate of drug-likeness (QED) is 0.704. The molecule has 2 rings (SSSR count). The number of piperidine rings is 1. The van der Waals surface area contributed by atoms with E-state index in [1.54, 1.807) is 0 Å². The molecule has 0 spiro atoms. The number of ether oxygens (including phenoxy) is 1. The third kappa shape index (κ3) is 2.43. The third-order valence-electron chi connectivity index (χ3n) is 3.26. The normalized spacial score (nSPS) is 36.4. The fourth-order valence-corrected chi connectivity index (χ4v) is 2.22. The molecule has 2 fully saturated rings. The third-order valence-corrected chi connectivity index (χ3v) is 3.26. The average Bonchev–Trinajstić information content (AvgIpc) is 2.56. The minimum atomic E-state index is -0.584. The standard InChI is InChI=1S/C10H19FN2O/c11-9-1-3-13(4-2-9)5-8-6-14-7-10(8)12/h8-10H,1-7,12H2. The molecule has 2 saturated heterocycles. The molecule has 2 aliphatic rings. The molecule has 0 amide bonds. The lowest BCUT2D eigenvalue weighted by molar-refractivity contribution is 0.123. The second kappa shape index (κ2) is 4.55. The molecule has 2 atom stereocenters. The van der Waals surface area contributed by atoms with Crippen LogP contribution in [0.1, 0.15) is 12.8 Å². The van der Waals surface area contributed by atoms with Crippen LogP contribution in [0.3, 0.4) is 0 Å². The first-order valence-corrected chi connectivity index (χ1v) is 5.45. The van der Waals surface area contributed by atoms with Crippen LogP contribution in [-0.2, 0) is 4.74 Å². The minimum Gasteiger partial charge on any atom is -0.379 e. The van der Waals surface area contributed by atoms with Crippen LogP contribution in [0.25, 0.3) is 0 Å². The molecule has 2 unspecified atom stereocenters. The highest BCUT2D eigenvalue weighted by Gasteiger charge is 2.28. The first-order chi connectivity index (χ1) is 6.75. The second-order valence-electron chi connectivity index (χ2n) is 4.44. The van der Waals surface area contributed by atoms with Crippen molar-refractivity contribution in [3.8, 4) is 0 Å². The number of hydrogen-bond donors (Lipinski definition) is 1. The Balaban J connectivity index is 1.74. The lowest BCUT2D eigenvalue weighted by Gasteiger charge is -2.31. The van der Waals surface area contributed by atoms with Crippen LogP contribution in [0.4, 0.5) is 4.39 Å². The Bertz CT molecular complexity index is 183. The van der Waals surface area contributed by atoms with Crippen molar-refractivity contribution in [2.24, 2.45) is 11.7 Å². The molecule has 0 aliphatic carbocycles. The smallest absolute Gasteiger partial charge is 0.103 e. The summed E-state index contributed by atoms with van der Waals surface area (Å²) in [5.41, 5.74) is 5.90. The molecule has 2 aliphatic heterocycles. The van der Waals surface area contributed by atoms with Crippen LogP contribution in [0.5, 0.6) is 0 Å². The predicted octanol–water partition coefficient (Wildman–Crippen LogP) is 0.394. The Morgan fingerprint density at radius 2 is 2.00 bits per heavy atom. The van der Waals surface area contributed by atoms with Crippen LogP contribution in [0.2, 0.25) is 0 Å². The Hall–Kier alpha value is -0.190. The van der Waals surface area contributed by atoms with Crippen molar-refractivity contribution in [3.63, 3.8) is 0 Å². The topological polar surface area (TPSA) is 38.5 Å². The van der Waals surface area contributed by atoms with Gasteiger partial charge in [-0.2, -0.15) is 0 Å². The predicted molar refractivity (Wildman–Crippen MR) is 52.9 cm³/mol. The summed E-state index contributed by atoms with van der Waals surface area (Å²) in [5.74, 6) is 0.450. The number of alkyl halides is 1. The van der Waals surface area contributed by atoms with Crippen LogP contribution >= 0.6 is 0 Å². The Morgan fingerprint density at radius 1 is 1.29 bits per heavy atom. The van der Waals surface area contributed by atoms with Crippen LogP contribution in [0.15, 0.2) is 0 Å². The SMILES string of the molecule is NC1COCC1CN1CCC(F)CC1. The largest absolute Gasteiger partial charge is 0.379 e. The van der Waals surface area contributed by atoms with E-state index in [2.05, 4.69) is 4.90 Å². The number of hydrogen-bond acceptors (Lipinski definition) is 3. The Labute approximate surface area is 84.4 Å². The molecule has 14 heavy (non-hydrogen) atoms. The van der Waals surface area contributed by atoms with Crippen LogP contribution in [-0.4, -0.2) is 50.0 Å². The molecular formula is C10H19FN2O. The lowest BCUT2D eigenvalue weighted by atomic mass is 10.0. The molecule has 2 heterocycles. The molecule has 3 nitrogen and oxygen atoms in total. The number of rotatable bonds is 2. The summed E-state index contributed by atoms with van der Waals surface area (Å²) in [6.45, 7) is 4.20. The van der Waals surface area contributed by atoms with E-state index in [0.717, 1.165) is 26.2 Å². The zero-order valence-corrected chi connectivity index (χ0v) is 8.49. The number of nitrogens with zero attached hydrogens (tertiary/aromatic N) is 1. The monoisotopic (exact) mass is 202 g/mol. The van der Waals surface area contributed by atoms with Gasteiger partial charge in [0.25, 0.3) is 0 Å². The van der Waals surface area contributed by atoms with E-state index >= 15 is 0 Å². The van der Waals surface area contributed by atoms with Crippen LogP contribution < -0.4 is 5.73 Å². The maximum Gasteiger partial charge on any atom is 0.103 e. The van der Waals surface area contributed by atoms with Gasteiger partial charge in [-0.15, -0.1) is 0 Å². The van der Waals surface area contributed by atoms with Crippen molar-refractivity contribution in [3.05, 3.63) is 0 Å². The van der Waals surface area contributed by atoms with Gasteiger partial charge in [0, 0.05) is 31.6 Å². The van der Waals surface area contributed by atoms with Crippen molar-refractivity contribution < 1.29 is 9.13 Å². The molecular weight excluding hydrogens is 183 g/mol. The highest BCUT2D eigenvalue weighted by Crippen LogP contribution is 2.18. The van der Waals surface area contributed by atoms with Crippen molar-refractivity contribution in [1.29, 1.82) is 0 Å². The second-order valence-corrected chi connectivity index (χ2v) is 4.44. The summed E-state index contributed by atoms with van der Waals surface area (Å²) in [6, 6.07) is 0.179. The minimum absolute atomic E-state index is 0.179. The average molecular weight is 202 g/mol.